The van der Waals surface area contributed by atoms with Crippen molar-refractivity contribution >= 4 is 27.6 Å². The van der Waals surface area contributed by atoms with Gasteiger partial charge in [-0.1, -0.05) is 12.6 Å². The van der Waals surface area contributed by atoms with Crippen LogP contribution in [0.4, 0.5) is 9.18 Å². The fourth-order valence-corrected chi connectivity index (χ4v) is 1.74. The molecule has 0 fully saturated rings. The smallest absolute Gasteiger partial charge is 0.410 e. The lowest BCUT2D eigenvalue weighted by Gasteiger charge is -2.25. The summed E-state index contributed by atoms with van der Waals surface area (Å²) >= 11 is 3.10. The second kappa shape index (κ2) is 6.39. The molecule has 0 radical (unpaired) electrons. The number of nitrogens with zero attached hydrogens (tertiary/aromatic N) is 1. The van der Waals surface area contributed by atoms with Crippen molar-refractivity contribution in [3.63, 3.8) is 0 Å². The van der Waals surface area contributed by atoms with Crippen molar-refractivity contribution in [3.8, 4) is 0 Å². The molecule has 20 heavy (non-hydrogen) atoms. The highest BCUT2D eigenvalue weighted by atomic mass is 79.9. The number of benzene rings is 1. The van der Waals surface area contributed by atoms with Crippen molar-refractivity contribution in [2.75, 3.05) is 13.6 Å². The van der Waals surface area contributed by atoms with Gasteiger partial charge in [0.1, 0.15) is 11.4 Å². The molecule has 110 valence electrons. The van der Waals surface area contributed by atoms with E-state index in [1.807, 2.05) is 0 Å². The standard InChI is InChI=1S/C15H19BrFNO2/c1-10(11-6-7-12(16)13(17)8-11)9-18(5)14(19)20-15(2,3)4/h6-8H,1,9H2,2-5H3. The second-order valence-corrected chi connectivity index (χ2v) is 6.42. The van der Waals surface area contributed by atoms with Crippen molar-refractivity contribution in [1.29, 1.82) is 0 Å². The van der Waals surface area contributed by atoms with Crippen LogP contribution in [0.2, 0.25) is 0 Å². The van der Waals surface area contributed by atoms with E-state index in [0.29, 0.717) is 15.6 Å². The summed E-state index contributed by atoms with van der Waals surface area (Å²) in [7, 11) is 1.62. The Bertz CT molecular complexity index is 523. The minimum atomic E-state index is -0.545. The molecule has 0 N–H and O–H groups in total. The third-order valence-corrected chi connectivity index (χ3v) is 3.10. The van der Waals surface area contributed by atoms with Crippen LogP contribution < -0.4 is 0 Å². The Morgan fingerprint density at radius 1 is 1.45 bits per heavy atom. The minimum Gasteiger partial charge on any atom is -0.444 e. The molecule has 5 heteroatoms. The fourth-order valence-electron chi connectivity index (χ4n) is 1.50. The lowest BCUT2D eigenvalue weighted by atomic mass is 10.1. The second-order valence-electron chi connectivity index (χ2n) is 5.57. The highest BCUT2D eigenvalue weighted by Gasteiger charge is 2.20. The molecule has 0 atom stereocenters. The monoisotopic (exact) mass is 343 g/mol. The van der Waals surface area contributed by atoms with Crippen LogP contribution in [-0.4, -0.2) is 30.2 Å². The topological polar surface area (TPSA) is 29.5 Å². The summed E-state index contributed by atoms with van der Waals surface area (Å²) in [5.74, 6) is -0.358. The number of likely N-dealkylation sites (N-methyl/N-ethyl adjacent to an activating group) is 1. The Morgan fingerprint density at radius 2 is 2.05 bits per heavy atom. The van der Waals surface area contributed by atoms with Crippen LogP contribution in [0.1, 0.15) is 26.3 Å². The minimum absolute atomic E-state index is 0.274. The summed E-state index contributed by atoms with van der Waals surface area (Å²) in [6.45, 7) is 9.57. The van der Waals surface area contributed by atoms with Gasteiger partial charge in [0.25, 0.3) is 0 Å². The van der Waals surface area contributed by atoms with E-state index in [-0.39, 0.29) is 12.4 Å². The molecule has 0 saturated heterocycles. The highest BCUT2D eigenvalue weighted by Crippen LogP contribution is 2.21. The predicted molar refractivity (Wildman–Crippen MR) is 82.0 cm³/mol. The van der Waals surface area contributed by atoms with Gasteiger partial charge >= 0.3 is 6.09 Å². The van der Waals surface area contributed by atoms with E-state index < -0.39 is 11.7 Å². The Labute approximate surface area is 127 Å². The molecular weight excluding hydrogens is 325 g/mol. The maximum Gasteiger partial charge on any atom is 0.410 e. The largest absolute Gasteiger partial charge is 0.444 e. The van der Waals surface area contributed by atoms with E-state index in [2.05, 4.69) is 22.5 Å². The first-order valence-electron chi connectivity index (χ1n) is 6.17. The summed E-state index contributed by atoms with van der Waals surface area (Å²) in [6.07, 6.45) is -0.434. The maximum atomic E-state index is 13.5. The molecule has 1 amide bonds. The molecular formula is C15H19BrFNO2. The van der Waals surface area contributed by atoms with Crippen LogP contribution in [-0.2, 0) is 4.74 Å². The van der Waals surface area contributed by atoms with Gasteiger partial charge in [-0.2, -0.15) is 0 Å². The normalized spacial score (nSPS) is 11.1. The van der Waals surface area contributed by atoms with E-state index in [9.17, 15) is 9.18 Å². The Kier molecular flexibility index (Phi) is 5.34. The fraction of sp³-hybridized carbons (Fsp3) is 0.400. The lowest BCUT2D eigenvalue weighted by Crippen LogP contribution is -2.35. The molecule has 0 aromatic heterocycles. The Balaban J connectivity index is 2.70. The first-order valence-corrected chi connectivity index (χ1v) is 6.97. The number of carbonyl (C=O) groups excluding carboxylic acids is 1. The number of amides is 1. The molecule has 0 saturated carbocycles. The van der Waals surface area contributed by atoms with Crippen molar-refractivity contribution in [2.24, 2.45) is 0 Å². The average molecular weight is 344 g/mol. The van der Waals surface area contributed by atoms with Crippen LogP contribution >= 0.6 is 15.9 Å². The van der Waals surface area contributed by atoms with Crippen molar-refractivity contribution in [2.45, 2.75) is 26.4 Å². The summed E-state index contributed by atoms with van der Waals surface area (Å²) in [5, 5.41) is 0. The Hall–Kier alpha value is -1.36. The molecule has 1 aromatic carbocycles. The van der Waals surface area contributed by atoms with E-state index >= 15 is 0 Å². The summed E-state index contributed by atoms with van der Waals surface area (Å²) < 4.78 is 19.1. The SMILES string of the molecule is C=C(CN(C)C(=O)OC(C)(C)C)c1ccc(Br)c(F)c1. The molecule has 0 aliphatic carbocycles. The maximum absolute atomic E-state index is 13.5. The molecule has 3 nitrogen and oxygen atoms in total. The van der Waals surface area contributed by atoms with Gasteiger partial charge in [0.05, 0.1) is 4.47 Å². The van der Waals surface area contributed by atoms with E-state index in [4.69, 9.17) is 4.74 Å². The number of ether oxygens (including phenoxy) is 1. The van der Waals surface area contributed by atoms with Crippen LogP contribution in [0, 0.1) is 5.82 Å². The van der Waals surface area contributed by atoms with Gasteiger partial charge in [0.2, 0.25) is 0 Å². The molecule has 0 bridgehead atoms. The summed E-state index contributed by atoms with van der Waals surface area (Å²) in [5.41, 5.74) is 0.752. The van der Waals surface area contributed by atoms with Crippen molar-refractivity contribution in [1.82, 2.24) is 4.90 Å². The lowest BCUT2D eigenvalue weighted by molar-refractivity contribution is 0.0321. The van der Waals surface area contributed by atoms with Gasteiger partial charge in [-0.3, -0.25) is 0 Å². The zero-order valence-corrected chi connectivity index (χ0v) is 13.8. The number of hydrogen-bond acceptors (Lipinski definition) is 2. The molecule has 1 aromatic rings. The molecule has 0 aliphatic rings. The van der Waals surface area contributed by atoms with Crippen LogP contribution in [0.5, 0.6) is 0 Å². The average Bonchev–Trinajstić information content (AvgIpc) is 2.30. The molecule has 0 aliphatic heterocycles. The highest BCUT2D eigenvalue weighted by molar-refractivity contribution is 9.10. The summed E-state index contributed by atoms with van der Waals surface area (Å²) in [4.78, 5) is 13.2. The van der Waals surface area contributed by atoms with Gasteiger partial charge in [-0.25, -0.2) is 9.18 Å². The van der Waals surface area contributed by atoms with Crippen LogP contribution in [0.25, 0.3) is 5.57 Å². The third kappa shape index (κ3) is 4.96. The molecule has 0 spiro atoms. The van der Waals surface area contributed by atoms with Crippen LogP contribution in [0.15, 0.2) is 29.3 Å². The van der Waals surface area contributed by atoms with E-state index in [1.54, 1.807) is 40.0 Å². The quantitative estimate of drug-likeness (QED) is 0.810. The number of carbonyl (C=O) groups is 1. The first kappa shape index (κ1) is 16.7. The van der Waals surface area contributed by atoms with Gasteiger partial charge in [-0.05, 0) is 60.0 Å². The van der Waals surface area contributed by atoms with E-state index in [0.717, 1.165) is 0 Å². The molecule has 1 rings (SSSR count). The first-order chi connectivity index (χ1) is 9.10. The third-order valence-electron chi connectivity index (χ3n) is 2.46. The zero-order chi connectivity index (χ0) is 15.5. The Morgan fingerprint density at radius 3 is 2.55 bits per heavy atom. The zero-order valence-electron chi connectivity index (χ0n) is 12.2. The van der Waals surface area contributed by atoms with Gasteiger partial charge in [-0.15, -0.1) is 0 Å². The van der Waals surface area contributed by atoms with Gasteiger partial charge in [0.15, 0.2) is 0 Å². The van der Waals surface area contributed by atoms with Gasteiger partial charge in [0, 0.05) is 13.6 Å². The van der Waals surface area contributed by atoms with Crippen molar-refractivity contribution in [3.05, 3.63) is 40.6 Å². The molecule has 0 heterocycles. The molecule has 0 unspecified atom stereocenters. The predicted octanol–water partition coefficient (Wildman–Crippen LogP) is 4.47. The van der Waals surface area contributed by atoms with Gasteiger partial charge < -0.3 is 9.64 Å². The number of rotatable bonds is 3. The van der Waals surface area contributed by atoms with Crippen molar-refractivity contribution < 1.29 is 13.9 Å². The summed E-state index contributed by atoms with van der Waals surface area (Å²) in [6, 6.07) is 4.75. The number of halogens is 2. The van der Waals surface area contributed by atoms with E-state index in [1.165, 1.54) is 11.0 Å². The van der Waals surface area contributed by atoms with Crippen LogP contribution in [0.3, 0.4) is 0 Å². The number of hydrogen-bond donors (Lipinski definition) is 0.